The number of aromatic amines is 1. The summed E-state index contributed by atoms with van der Waals surface area (Å²) in [5.41, 5.74) is 1.61. The number of aliphatic hydroxyl groups excluding tert-OH is 1. The van der Waals surface area contributed by atoms with Crippen molar-refractivity contribution in [1.29, 1.82) is 0 Å². The maximum Gasteiger partial charge on any atom is 0.408 e. The van der Waals surface area contributed by atoms with Crippen molar-refractivity contribution in [2.45, 2.75) is 56.7 Å². The SMILES string of the molecule is O=C(O)N(C(c1cccc(OCCCCCCNC[C@H](O)c2ccc(O)c3[nH]c(=O)ccc23)c1)c1cccs1)[C@H]1CN2CCC1CC2. The first-order valence-electron chi connectivity index (χ1n) is 16.6. The minimum absolute atomic E-state index is 0.0228. The monoisotopic (exact) mass is 660 g/mol. The van der Waals surface area contributed by atoms with Crippen molar-refractivity contribution in [2.24, 2.45) is 5.92 Å². The Kier molecular flexibility index (Phi) is 10.8. The summed E-state index contributed by atoms with van der Waals surface area (Å²) in [6.45, 7) is 4.62. The van der Waals surface area contributed by atoms with Crippen LogP contribution in [0.5, 0.6) is 11.5 Å². The van der Waals surface area contributed by atoms with Crippen molar-refractivity contribution >= 4 is 28.3 Å². The molecular weight excluding hydrogens is 616 g/mol. The van der Waals surface area contributed by atoms with Gasteiger partial charge in [0.15, 0.2) is 0 Å². The molecule has 3 saturated heterocycles. The molecule has 10 nitrogen and oxygen atoms in total. The smallest absolute Gasteiger partial charge is 0.408 e. The van der Waals surface area contributed by atoms with E-state index in [4.69, 9.17) is 4.74 Å². The fourth-order valence-electron chi connectivity index (χ4n) is 7.17. The van der Waals surface area contributed by atoms with Crippen LogP contribution in [0.3, 0.4) is 0 Å². The number of rotatable bonds is 15. The number of aromatic nitrogens is 1. The van der Waals surface area contributed by atoms with Gasteiger partial charge in [0.25, 0.3) is 0 Å². The Balaban J connectivity index is 0.966. The molecule has 3 aliphatic rings. The lowest BCUT2D eigenvalue weighted by atomic mass is 9.82. The third-order valence-corrected chi connectivity index (χ3v) is 10.5. The summed E-state index contributed by atoms with van der Waals surface area (Å²) in [6.07, 6.45) is 4.34. The Morgan fingerprint density at radius 3 is 2.64 bits per heavy atom. The van der Waals surface area contributed by atoms with Gasteiger partial charge < -0.3 is 35.3 Å². The molecule has 7 rings (SSSR count). The van der Waals surface area contributed by atoms with Crippen LogP contribution in [-0.2, 0) is 0 Å². The highest BCUT2D eigenvalue weighted by atomic mass is 32.1. The zero-order chi connectivity index (χ0) is 32.8. The largest absolute Gasteiger partial charge is 0.506 e. The van der Waals surface area contributed by atoms with E-state index in [-0.39, 0.29) is 23.4 Å². The average Bonchev–Trinajstić information content (AvgIpc) is 3.62. The van der Waals surface area contributed by atoms with Gasteiger partial charge >= 0.3 is 6.09 Å². The number of fused-ring (bicyclic) bond motifs is 4. The van der Waals surface area contributed by atoms with Crippen molar-refractivity contribution in [3.8, 4) is 11.5 Å². The number of unbranched alkanes of at least 4 members (excludes halogenated alkanes) is 3. The lowest BCUT2D eigenvalue weighted by molar-refractivity contribution is -0.000335. The number of piperidine rings is 3. The van der Waals surface area contributed by atoms with E-state index in [1.165, 1.54) is 12.1 Å². The molecule has 5 heterocycles. The molecule has 3 atom stereocenters. The van der Waals surface area contributed by atoms with Crippen LogP contribution in [0.1, 0.15) is 66.7 Å². The maximum absolute atomic E-state index is 12.8. The van der Waals surface area contributed by atoms with E-state index in [0.29, 0.717) is 35.5 Å². The number of phenolic OH excluding ortho intramolecular Hbond substituents is 1. The first-order valence-corrected chi connectivity index (χ1v) is 17.5. The molecule has 2 aromatic heterocycles. The highest BCUT2D eigenvalue weighted by Crippen LogP contribution is 2.40. The number of benzene rings is 2. The van der Waals surface area contributed by atoms with E-state index >= 15 is 0 Å². The maximum atomic E-state index is 12.8. The van der Waals surface area contributed by atoms with Crippen LogP contribution < -0.4 is 15.6 Å². The third kappa shape index (κ3) is 7.81. The number of thiophene rings is 1. The number of amides is 1. The van der Waals surface area contributed by atoms with E-state index in [1.54, 1.807) is 28.4 Å². The number of aliphatic hydroxyl groups is 1. The predicted molar refractivity (Wildman–Crippen MR) is 183 cm³/mol. The highest BCUT2D eigenvalue weighted by molar-refractivity contribution is 7.10. The van der Waals surface area contributed by atoms with E-state index in [2.05, 4.69) is 15.2 Å². The summed E-state index contributed by atoms with van der Waals surface area (Å²) < 4.78 is 6.15. The number of pyridine rings is 1. The van der Waals surface area contributed by atoms with E-state index < -0.39 is 12.2 Å². The van der Waals surface area contributed by atoms with E-state index in [9.17, 15) is 24.9 Å². The number of nitrogens with zero attached hydrogens (tertiary/aromatic N) is 2. The molecule has 3 aliphatic heterocycles. The van der Waals surface area contributed by atoms with Crippen LogP contribution in [0.25, 0.3) is 10.9 Å². The number of nitrogens with one attached hydrogen (secondary N) is 2. The van der Waals surface area contributed by atoms with Gasteiger partial charge in [-0.25, -0.2) is 4.79 Å². The molecular formula is C36H44N4O6S. The zero-order valence-electron chi connectivity index (χ0n) is 26.5. The molecule has 11 heteroatoms. The second-order valence-corrected chi connectivity index (χ2v) is 13.6. The minimum atomic E-state index is -0.871. The number of aromatic hydroxyl groups is 1. The molecule has 47 heavy (non-hydrogen) atoms. The van der Waals surface area contributed by atoms with Gasteiger partial charge in [-0.2, -0.15) is 0 Å². The summed E-state index contributed by atoms with van der Waals surface area (Å²) in [7, 11) is 0. The average molecular weight is 661 g/mol. The first-order chi connectivity index (χ1) is 22.9. The van der Waals surface area contributed by atoms with Crippen molar-refractivity contribution in [3.05, 3.63) is 92.4 Å². The third-order valence-electron chi connectivity index (χ3n) is 9.58. The number of hydrogen-bond acceptors (Lipinski definition) is 8. The summed E-state index contributed by atoms with van der Waals surface area (Å²) >= 11 is 1.60. The van der Waals surface area contributed by atoms with E-state index in [0.717, 1.165) is 80.9 Å². The molecule has 2 bridgehead atoms. The van der Waals surface area contributed by atoms with Gasteiger partial charge in [0.2, 0.25) is 5.56 Å². The van der Waals surface area contributed by atoms with Crippen LogP contribution in [0, 0.1) is 5.92 Å². The van der Waals surface area contributed by atoms with Crippen LogP contribution in [0.15, 0.2) is 70.8 Å². The molecule has 0 aliphatic carbocycles. The summed E-state index contributed by atoms with van der Waals surface area (Å²) in [6, 6.07) is 17.7. The molecule has 250 valence electrons. The summed E-state index contributed by atoms with van der Waals surface area (Å²) in [5, 5.41) is 37.3. The van der Waals surface area contributed by atoms with Crippen LogP contribution in [0.2, 0.25) is 0 Å². The second-order valence-electron chi connectivity index (χ2n) is 12.7. The van der Waals surface area contributed by atoms with Gasteiger partial charge in [0, 0.05) is 29.4 Å². The first kappa shape index (κ1) is 33.0. The van der Waals surface area contributed by atoms with Crippen molar-refractivity contribution < 1.29 is 24.9 Å². The lowest BCUT2D eigenvalue weighted by Gasteiger charge is -2.50. The number of hydrogen-bond donors (Lipinski definition) is 5. The molecule has 0 radical (unpaired) electrons. The molecule has 0 spiro atoms. The molecule has 1 amide bonds. The Labute approximate surface area is 278 Å². The number of ether oxygens (including phenoxy) is 1. The number of carboxylic acid groups (broad SMARTS) is 1. The molecule has 5 N–H and O–H groups in total. The lowest BCUT2D eigenvalue weighted by Crippen LogP contribution is -2.59. The second kappa shape index (κ2) is 15.3. The van der Waals surface area contributed by atoms with Crippen LogP contribution >= 0.6 is 11.3 Å². The van der Waals surface area contributed by atoms with E-state index in [1.807, 2.05) is 41.8 Å². The van der Waals surface area contributed by atoms with Gasteiger partial charge in [-0.15, -0.1) is 11.3 Å². The quantitative estimate of drug-likeness (QED) is 0.102. The van der Waals surface area contributed by atoms with Crippen molar-refractivity contribution in [2.75, 3.05) is 39.3 Å². The Hall–Kier alpha value is -3.90. The Morgan fingerprint density at radius 2 is 1.89 bits per heavy atom. The van der Waals surface area contributed by atoms with Gasteiger partial charge in [-0.3, -0.25) is 9.69 Å². The molecule has 2 aromatic carbocycles. The normalized spacial score (nSPS) is 20.2. The van der Waals surface area contributed by atoms with Gasteiger partial charge in [-0.05, 0) is 98.1 Å². The molecule has 4 aromatic rings. The number of H-pyrrole nitrogens is 1. The number of phenols is 1. The fourth-order valence-corrected chi connectivity index (χ4v) is 8.02. The predicted octanol–water partition coefficient (Wildman–Crippen LogP) is 5.72. The highest BCUT2D eigenvalue weighted by Gasteiger charge is 2.43. The van der Waals surface area contributed by atoms with Crippen molar-refractivity contribution in [3.63, 3.8) is 0 Å². The Bertz CT molecular complexity index is 1690. The van der Waals surface area contributed by atoms with Crippen LogP contribution in [-0.4, -0.2) is 81.6 Å². The molecule has 3 fully saturated rings. The molecule has 1 unspecified atom stereocenters. The van der Waals surface area contributed by atoms with Gasteiger partial charge in [0.1, 0.15) is 11.5 Å². The Morgan fingerprint density at radius 1 is 1.06 bits per heavy atom. The summed E-state index contributed by atoms with van der Waals surface area (Å²) in [4.78, 5) is 32.2. The number of carbonyl (C=O) groups is 1. The molecule has 0 saturated carbocycles. The van der Waals surface area contributed by atoms with Crippen molar-refractivity contribution in [1.82, 2.24) is 20.1 Å². The van der Waals surface area contributed by atoms with Crippen LogP contribution in [0.4, 0.5) is 4.79 Å². The standard InChI is InChI=1S/C36H44N4O6S/c41-30-12-10-27(28-11-13-33(43)38-34(28)30)31(42)22-37-16-3-1-2-4-19-46-26-8-5-7-25(21-26)35(32-9-6-20-47-32)40(36(44)45)29-23-39-17-14-24(29)15-18-39/h5-13,20-21,24,29,31,35,37,41-42H,1-4,14-19,22-23H2,(H,38,43)(H,44,45)/t29-,31-,35?/m0/s1. The van der Waals surface area contributed by atoms with Gasteiger partial charge in [0.05, 0.1) is 30.3 Å². The topological polar surface area (TPSA) is 138 Å². The fraction of sp³-hybridized carbons (Fsp3) is 0.444. The zero-order valence-corrected chi connectivity index (χ0v) is 27.3. The summed E-state index contributed by atoms with van der Waals surface area (Å²) in [5.74, 6) is 1.13. The van der Waals surface area contributed by atoms with Gasteiger partial charge in [-0.1, -0.05) is 37.1 Å². The minimum Gasteiger partial charge on any atom is -0.506 e.